The number of hydrogen-bond donors (Lipinski definition) is 0. The summed E-state index contributed by atoms with van der Waals surface area (Å²) in [4.78, 5) is 9.23. The van der Waals surface area contributed by atoms with Crippen molar-refractivity contribution in [1.29, 1.82) is 0 Å². The van der Waals surface area contributed by atoms with Crippen LogP contribution in [0.3, 0.4) is 0 Å². The van der Waals surface area contributed by atoms with Crippen LogP contribution in [0.5, 0.6) is 5.75 Å². The highest BCUT2D eigenvalue weighted by molar-refractivity contribution is 6.30. The van der Waals surface area contributed by atoms with Crippen LogP contribution in [0.15, 0.2) is 24.3 Å². The molecule has 0 saturated heterocycles. The summed E-state index contributed by atoms with van der Waals surface area (Å²) < 4.78 is 5.46. The van der Waals surface area contributed by atoms with Gasteiger partial charge >= 0.3 is 0 Å². The number of benzene rings is 1. The Balaban J connectivity index is 1.95. The van der Waals surface area contributed by atoms with Gasteiger partial charge in [-0.1, -0.05) is 18.0 Å². The van der Waals surface area contributed by atoms with Crippen molar-refractivity contribution >= 4 is 11.6 Å². The van der Waals surface area contributed by atoms with E-state index in [1.807, 2.05) is 31.2 Å². The normalized spacial score (nSPS) is 14.4. The zero-order valence-corrected chi connectivity index (χ0v) is 13.0. The van der Waals surface area contributed by atoms with Crippen LogP contribution in [0.2, 0.25) is 5.15 Å². The molecule has 0 bridgehead atoms. The van der Waals surface area contributed by atoms with Gasteiger partial charge < -0.3 is 4.74 Å². The lowest BCUT2D eigenvalue weighted by atomic mass is 10.1. The van der Waals surface area contributed by atoms with E-state index in [1.54, 1.807) is 0 Å². The van der Waals surface area contributed by atoms with Crippen molar-refractivity contribution in [1.82, 2.24) is 9.97 Å². The molecule has 4 heteroatoms. The molecule has 0 fully saturated rings. The van der Waals surface area contributed by atoms with E-state index < -0.39 is 0 Å². The van der Waals surface area contributed by atoms with Gasteiger partial charge in [-0.05, 0) is 56.9 Å². The monoisotopic (exact) mass is 302 g/mol. The fraction of sp³-hybridized carbons (Fsp3) is 0.412. The molecule has 0 aliphatic heterocycles. The minimum Gasteiger partial charge on any atom is -0.494 e. The third-order valence-electron chi connectivity index (χ3n) is 3.81. The Kier molecular flexibility index (Phi) is 4.39. The lowest BCUT2D eigenvalue weighted by Gasteiger charge is -2.10. The maximum atomic E-state index is 6.37. The zero-order valence-electron chi connectivity index (χ0n) is 12.2. The molecule has 1 aliphatic carbocycles. The van der Waals surface area contributed by atoms with Crippen LogP contribution in [0.1, 0.15) is 37.4 Å². The molecule has 21 heavy (non-hydrogen) atoms. The first-order valence-corrected chi connectivity index (χ1v) is 7.94. The van der Waals surface area contributed by atoms with Gasteiger partial charge in [0.2, 0.25) is 0 Å². The van der Waals surface area contributed by atoms with Crippen molar-refractivity contribution in [3.8, 4) is 17.1 Å². The smallest absolute Gasteiger partial charge is 0.161 e. The van der Waals surface area contributed by atoms with E-state index in [0.717, 1.165) is 35.4 Å². The molecule has 0 atom stereocenters. The third-order valence-corrected chi connectivity index (χ3v) is 4.12. The summed E-state index contributed by atoms with van der Waals surface area (Å²) in [5.74, 6) is 1.57. The van der Waals surface area contributed by atoms with Crippen molar-refractivity contribution in [2.45, 2.75) is 39.0 Å². The Morgan fingerprint density at radius 2 is 1.81 bits per heavy atom. The van der Waals surface area contributed by atoms with Crippen LogP contribution in [-0.2, 0) is 12.8 Å². The predicted molar refractivity (Wildman–Crippen MR) is 84.9 cm³/mol. The molecule has 0 saturated carbocycles. The molecule has 3 nitrogen and oxygen atoms in total. The van der Waals surface area contributed by atoms with Crippen molar-refractivity contribution in [2.24, 2.45) is 0 Å². The van der Waals surface area contributed by atoms with Crippen molar-refractivity contribution in [3.63, 3.8) is 0 Å². The summed E-state index contributed by atoms with van der Waals surface area (Å²) in [6, 6.07) is 7.86. The predicted octanol–water partition coefficient (Wildman–Crippen LogP) is 4.46. The van der Waals surface area contributed by atoms with Gasteiger partial charge in [0.1, 0.15) is 10.9 Å². The van der Waals surface area contributed by atoms with E-state index in [2.05, 4.69) is 4.98 Å². The Morgan fingerprint density at radius 3 is 2.57 bits per heavy atom. The highest BCUT2D eigenvalue weighted by atomic mass is 35.5. The average Bonchev–Trinajstić information content (AvgIpc) is 2.74. The van der Waals surface area contributed by atoms with E-state index in [4.69, 9.17) is 21.3 Å². The molecule has 3 rings (SSSR count). The first kappa shape index (κ1) is 14.3. The number of fused-ring (bicyclic) bond motifs is 1. The molecule has 0 N–H and O–H groups in total. The van der Waals surface area contributed by atoms with Crippen molar-refractivity contribution in [3.05, 3.63) is 40.7 Å². The zero-order chi connectivity index (χ0) is 14.7. The standard InChI is InChI=1S/C17H19ClN2O/c1-2-21-13-10-8-12(9-11-13)17-19-15-7-5-3-4-6-14(15)16(18)20-17/h8-11H,2-7H2,1H3. The summed E-state index contributed by atoms with van der Waals surface area (Å²) in [5.41, 5.74) is 3.24. The molecule has 0 unspecified atom stereocenters. The van der Waals surface area contributed by atoms with Crippen molar-refractivity contribution < 1.29 is 4.74 Å². The van der Waals surface area contributed by atoms with E-state index in [9.17, 15) is 0 Å². The van der Waals surface area contributed by atoms with Crippen LogP contribution in [0, 0.1) is 0 Å². The number of ether oxygens (including phenoxy) is 1. The van der Waals surface area contributed by atoms with Crippen molar-refractivity contribution in [2.75, 3.05) is 6.61 Å². The number of rotatable bonds is 3. The average molecular weight is 303 g/mol. The van der Waals surface area contributed by atoms with Crippen LogP contribution < -0.4 is 4.74 Å². The maximum Gasteiger partial charge on any atom is 0.161 e. The van der Waals surface area contributed by atoms with Gasteiger partial charge in [-0.15, -0.1) is 0 Å². The van der Waals surface area contributed by atoms with Crippen LogP contribution >= 0.6 is 11.6 Å². The first-order valence-electron chi connectivity index (χ1n) is 7.56. The van der Waals surface area contributed by atoms with Crippen LogP contribution in [-0.4, -0.2) is 16.6 Å². The van der Waals surface area contributed by atoms with Gasteiger partial charge in [0.15, 0.2) is 5.82 Å². The summed E-state index contributed by atoms with van der Waals surface area (Å²) in [5, 5.41) is 0.616. The molecule has 1 aliphatic rings. The summed E-state index contributed by atoms with van der Waals surface area (Å²) in [7, 11) is 0. The molecular weight excluding hydrogens is 284 g/mol. The van der Waals surface area contributed by atoms with Gasteiger partial charge in [0.25, 0.3) is 0 Å². The summed E-state index contributed by atoms with van der Waals surface area (Å²) in [6.07, 6.45) is 5.60. The molecule has 2 aromatic rings. The van der Waals surface area contributed by atoms with Crippen LogP contribution in [0.25, 0.3) is 11.4 Å². The van der Waals surface area contributed by atoms with E-state index >= 15 is 0 Å². The fourth-order valence-corrected chi connectivity index (χ4v) is 3.00. The van der Waals surface area contributed by atoms with E-state index in [-0.39, 0.29) is 0 Å². The first-order chi connectivity index (χ1) is 10.3. The molecule has 1 aromatic carbocycles. The molecule has 0 radical (unpaired) electrons. The number of aromatic nitrogens is 2. The van der Waals surface area contributed by atoms with Crippen LogP contribution in [0.4, 0.5) is 0 Å². The molecule has 0 amide bonds. The molecule has 1 aromatic heterocycles. The minimum absolute atomic E-state index is 0.616. The molecule has 1 heterocycles. The number of aryl methyl sites for hydroxylation is 1. The van der Waals surface area contributed by atoms with Gasteiger partial charge in [0, 0.05) is 16.8 Å². The Labute approximate surface area is 130 Å². The second kappa shape index (κ2) is 6.44. The van der Waals surface area contributed by atoms with Gasteiger partial charge in [-0.25, -0.2) is 9.97 Å². The second-order valence-corrected chi connectivity index (χ2v) is 5.64. The number of halogens is 1. The maximum absolute atomic E-state index is 6.37. The molecule has 0 spiro atoms. The van der Waals surface area contributed by atoms with Gasteiger partial charge in [-0.2, -0.15) is 0 Å². The quantitative estimate of drug-likeness (QED) is 0.620. The minimum atomic E-state index is 0.616. The Bertz CT molecular complexity index is 625. The third kappa shape index (κ3) is 3.18. The topological polar surface area (TPSA) is 35.0 Å². The summed E-state index contributed by atoms with van der Waals surface area (Å²) in [6.45, 7) is 2.64. The van der Waals surface area contributed by atoms with Gasteiger partial charge in [-0.3, -0.25) is 0 Å². The van der Waals surface area contributed by atoms with E-state index in [1.165, 1.54) is 19.3 Å². The van der Waals surface area contributed by atoms with E-state index in [0.29, 0.717) is 17.6 Å². The highest BCUT2D eigenvalue weighted by Gasteiger charge is 2.16. The number of hydrogen-bond acceptors (Lipinski definition) is 3. The lowest BCUT2D eigenvalue weighted by Crippen LogP contribution is -2.02. The second-order valence-electron chi connectivity index (χ2n) is 5.28. The van der Waals surface area contributed by atoms with Gasteiger partial charge in [0.05, 0.1) is 6.61 Å². The largest absolute Gasteiger partial charge is 0.494 e. The highest BCUT2D eigenvalue weighted by Crippen LogP contribution is 2.28. The molecule has 110 valence electrons. The Hall–Kier alpha value is -1.61. The Morgan fingerprint density at radius 1 is 1.05 bits per heavy atom. The molecular formula is C17H19ClN2O. The lowest BCUT2D eigenvalue weighted by molar-refractivity contribution is 0.340. The number of nitrogens with zero attached hydrogens (tertiary/aromatic N) is 2. The fourth-order valence-electron chi connectivity index (χ4n) is 2.72. The SMILES string of the molecule is CCOc1ccc(-c2nc(Cl)c3c(n2)CCCCC3)cc1. The summed E-state index contributed by atoms with van der Waals surface area (Å²) >= 11 is 6.37.